The predicted molar refractivity (Wildman–Crippen MR) is 133 cm³/mol. The number of likely N-dealkylation sites (tertiary alicyclic amines) is 1. The zero-order valence-electron chi connectivity index (χ0n) is 19.8. The first-order valence-corrected chi connectivity index (χ1v) is 12.5. The molecule has 5 nitrogen and oxygen atoms in total. The fraction of sp³-hybridized carbons (Fsp3) is 0.370. The Labute approximate surface area is 204 Å². The lowest BCUT2D eigenvalue weighted by atomic mass is 9.84. The number of hydrogen-bond donors (Lipinski definition) is 1. The van der Waals surface area contributed by atoms with Gasteiger partial charge >= 0.3 is 0 Å². The van der Waals surface area contributed by atoms with Gasteiger partial charge in [-0.25, -0.2) is 9.37 Å². The van der Waals surface area contributed by atoms with Crippen molar-refractivity contribution in [3.8, 4) is 10.6 Å². The van der Waals surface area contributed by atoms with Crippen LogP contribution in [0.1, 0.15) is 46.3 Å². The number of carbonyl (C=O) groups is 2. The van der Waals surface area contributed by atoms with Gasteiger partial charge in [0.1, 0.15) is 15.7 Å². The quantitative estimate of drug-likeness (QED) is 0.517. The molecule has 1 aliphatic rings. The molecule has 0 radical (unpaired) electrons. The van der Waals surface area contributed by atoms with Crippen LogP contribution in [0.5, 0.6) is 0 Å². The summed E-state index contributed by atoms with van der Waals surface area (Å²) in [5.41, 5.74) is 3.71. The van der Waals surface area contributed by atoms with Crippen LogP contribution in [-0.2, 0) is 11.3 Å². The highest BCUT2D eigenvalue weighted by atomic mass is 32.1. The Balaban J connectivity index is 1.32. The zero-order chi connectivity index (χ0) is 24.2. The van der Waals surface area contributed by atoms with Gasteiger partial charge in [0, 0.05) is 31.1 Å². The van der Waals surface area contributed by atoms with Crippen LogP contribution in [-0.4, -0.2) is 34.8 Å². The molecule has 2 aromatic carbocycles. The van der Waals surface area contributed by atoms with Crippen LogP contribution < -0.4 is 5.32 Å². The second-order valence-corrected chi connectivity index (χ2v) is 10.1. The van der Waals surface area contributed by atoms with E-state index < -0.39 is 0 Å². The number of halogens is 1. The topological polar surface area (TPSA) is 62.3 Å². The van der Waals surface area contributed by atoms with Gasteiger partial charge in [0.25, 0.3) is 5.91 Å². The molecule has 34 heavy (non-hydrogen) atoms. The van der Waals surface area contributed by atoms with Crippen molar-refractivity contribution in [2.45, 2.75) is 40.2 Å². The Hall–Kier alpha value is -3.06. The molecule has 1 N–H and O–H groups in total. The van der Waals surface area contributed by atoms with E-state index in [0.29, 0.717) is 24.5 Å². The molecular formula is C27H30FN3O2S. The summed E-state index contributed by atoms with van der Waals surface area (Å²) in [5.74, 6) is -0.268. The van der Waals surface area contributed by atoms with E-state index in [0.717, 1.165) is 34.7 Å². The summed E-state index contributed by atoms with van der Waals surface area (Å²) < 4.78 is 13.3. The fourth-order valence-electron chi connectivity index (χ4n) is 4.37. The van der Waals surface area contributed by atoms with Crippen LogP contribution in [0.15, 0.2) is 48.5 Å². The SMILES string of the molecule is Cc1ccc(-c2nc(C)c(C(=O)N3CCC([C@H](C)C(=O)NCc4cccc(F)c4)CC3)s2)cc1. The number of rotatable bonds is 6. The molecule has 1 saturated heterocycles. The molecule has 1 aromatic heterocycles. The van der Waals surface area contributed by atoms with Crippen molar-refractivity contribution in [3.05, 3.63) is 76.0 Å². The van der Waals surface area contributed by atoms with E-state index in [1.54, 1.807) is 12.1 Å². The Morgan fingerprint density at radius 2 is 1.85 bits per heavy atom. The van der Waals surface area contributed by atoms with Crippen LogP contribution >= 0.6 is 11.3 Å². The molecule has 4 rings (SSSR count). The number of amides is 2. The Bertz CT molecular complexity index is 1170. The van der Waals surface area contributed by atoms with E-state index >= 15 is 0 Å². The molecule has 0 bridgehead atoms. The number of piperidine rings is 1. The maximum Gasteiger partial charge on any atom is 0.265 e. The molecule has 3 aromatic rings. The number of aromatic nitrogens is 1. The first kappa shape index (κ1) is 24.1. The second-order valence-electron chi connectivity index (χ2n) is 9.07. The summed E-state index contributed by atoms with van der Waals surface area (Å²) in [6.07, 6.45) is 1.56. The highest BCUT2D eigenvalue weighted by molar-refractivity contribution is 7.17. The third kappa shape index (κ3) is 5.53. The molecule has 0 unspecified atom stereocenters. The summed E-state index contributed by atoms with van der Waals surface area (Å²) >= 11 is 1.44. The lowest BCUT2D eigenvalue weighted by Crippen LogP contribution is -2.42. The second kappa shape index (κ2) is 10.5. The molecular weight excluding hydrogens is 449 g/mol. The molecule has 2 amide bonds. The van der Waals surface area contributed by atoms with Crippen LogP contribution in [0.4, 0.5) is 4.39 Å². The number of carbonyl (C=O) groups excluding carboxylic acids is 2. The molecule has 1 atom stereocenters. The molecule has 2 heterocycles. The van der Waals surface area contributed by atoms with Crippen LogP contribution in [0.25, 0.3) is 10.6 Å². The average molecular weight is 480 g/mol. The minimum Gasteiger partial charge on any atom is -0.352 e. The van der Waals surface area contributed by atoms with Crippen molar-refractivity contribution in [2.75, 3.05) is 13.1 Å². The molecule has 0 saturated carbocycles. The lowest BCUT2D eigenvalue weighted by Gasteiger charge is -2.34. The monoisotopic (exact) mass is 479 g/mol. The van der Waals surface area contributed by atoms with Gasteiger partial charge in [0.05, 0.1) is 5.69 Å². The standard InChI is InChI=1S/C27H30FN3O2S/c1-17-7-9-22(10-8-17)26-30-19(3)24(34-26)27(33)31-13-11-21(12-14-31)18(2)25(32)29-16-20-5-4-6-23(28)15-20/h4-10,15,18,21H,11-14,16H2,1-3H3,(H,29,32)/t18-/m0/s1. The van der Waals surface area contributed by atoms with Gasteiger partial charge in [-0.2, -0.15) is 0 Å². The van der Waals surface area contributed by atoms with Gasteiger partial charge in [-0.05, 0) is 50.3 Å². The van der Waals surface area contributed by atoms with Crippen molar-refractivity contribution >= 4 is 23.2 Å². The largest absolute Gasteiger partial charge is 0.352 e. The Kier molecular flexibility index (Phi) is 7.41. The maximum absolute atomic E-state index is 13.3. The van der Waals surface area contributed by atoms with Crippen molar-refractivity contribution in [1.82, 2.24) is 15.2 Å². The van der Waals surface area contributed by atoms with Gasteiger partial charge in [0.2, 0.25) is 5.91 Å². The van der Waals surface area contributed by atoms with Crippen LogP contribution in [0, 0.1) is 31.5 Å². The van der Waals surface area contributed by atoms with E-state index in [1.165, 1.54) is 29.0 Å². The van der Waals surface area contributed by atoms with E-state index in [1.807, 2.05) is 49.9 Å². The van der Waals surface area contributed by atoms with Crippen LogP contribution in [0.2, 0.25) is 0 Å². The normalized spacial score (nSPS) is 15.2. The number of thiazole rings is 1. The molecule has 1 aliphatic heterocycles. The summed E-state index contributed by atoms with van der Waals surface area (Å²) in [5, 5.41) is 3.78. The van der Waals surface area contributed by atoms with Gasteiger partial charge in [-0.15, -0.1) is 11.3 Å². The third-order valence-electron chi connectivity index (χ3n) is 6.59. The number of nitrogens with zero attached hydrogens (tertiary/aromatic N) is 2. The van der Waals surface area contributed by atoms with Crippen molar-refractivity contribution in [2.24, 2.45) is 11.8 Å². The van der Waals surface area contributed by atoms with E-state index in [2.05, 4.69) is 10.3 Å². The van der Waals surface area contributed by atoms with Gasteiger partial charge in [-0.3, -0.25) is 9.59 Å². The maximum atomic E-state index is 13.3. The number of nitrogens with one attached hydrogen (secondary N) is 1. The summed E-state index contributed by atoms with van der Waals surface area (Å²) in [7, 11) is 0. The van der Waals surface area contributed by atoms with Gasteiger partial charge in [-0.1, -0.05) is 48.9 Å². The number of hydrogen-bond acceptors (Lipinski definition) is 4. The molecule has 0 aliphatic carbocycles. The summed E-state index contributed by atoms with van der Waals surface area (Å²) in [6, 6.07) is 14.4. The van der Waals surface area contributed by atoms with E-state index in [-0.39, 0.29) is 29.5 Å². The predicted octanol–water partition coefficient (Wildman–Crippen LogP) is 5.37. The first-order chi connectivity index (χ1) is 16.3. The smallest absolute Gasteiger partial charge is 0.265 e. The van der Waals surface area contributed by atoms with Gasteiger partial charge < -0.3 is 10.2 Å². The summed E-state index contributed by atoms with van der Waals surface area (Å²) in [6.45, 7) is 7.43. The Morgan fingerprint density at radius 3 is 2.53 bits per heavy atom. The van der Waals surface area contributed by atoms with E-state index in [9.17, 15) is 14.0 Å². The van der Waals surface area contributed by atoms with E-state index in [4.69, 9.17) is 0 Å². The third-order valence-corrected chi connectivity index (χ3v) is 7.79. The molecule has 1 fully saturated rings. The summed E-state index contributed by atoms with van der Waals surface area (Å²) in [4.78, 5) is 33.1. The van der Waals surface area contributed by atoms with Gasteiger partial charge in [0.15, 0.2) is 0 Å². The lowest BCUT2D eigenvalue weighted by molar-refractivity contribution is -0.126. The zero-order valence-corrected chi connectivity index (χ0v) is 20.6. The highest BCUT2D eigenvalue weighted by Gasteiger charge is 2.31. The fourth-order valence-corrected chi connectivity index (χ4v) is 5.41. The van der Waals surface area contributed by atoms with Crippen molar-refractivity contribution in [1.29, 1.82) is 0 Å². The minimum atomic E-state index is -0.306. The molecule has 178 valence electrons. The number of aryl methyl sites for hydroxylation is 2. The first-order valence-electron chi connectivity index (χ1n) is 11.7. The Morgan fingerprint density at radius 1 is 1.15 bits per heavy atom. The minimum absolute atomic E-state index is 0.0232. The average Bonchev–Trinajstić information content (AvgIpc) is 3.23. The molecule has 7 heteroatoms. The van der Waals surface area contributed by atoms with Crippen molar-refractivity contribution in [3.63, 3.8) is 0 Å². The van der Waals surface area contributed by atoms with Crippen LogP contribution in [0.3, 0.4) is 0 Å². The number of benzene rings is 2. The van der Waals surface area contributed by atoms with Crippen molar-refractivity contribution < 1.29 is 14.0 Å². The molecule has 0 spiro atoms. The highest BCUT2D eigenvalue weighted by Crippen LogP contribution is 2.31.